The largest absolute Gasteiger partial charge is 0.325 e. The van der Waals surface area contributed by atoms with Crippen LogP contribution in [0, 0.1) is 16.7 Å². The maximum Gasteiger partial charge on any atom is 0.257 e. The van der Waals surface area contributed by atoms with Gasteiger partial charge in [-0.15, -0.1) is 0 Å². The summed E-state index contributed by atoms with van der Waals surface area (Å²) in [6, 6.07) is 5.83. The molecule has 3 rings (SSSR count). The predicted octanol–water partition coefficient (Wildman–Crippen LogP) is 4.67. The van der Waals surface area contributed by atoms with E-state index < -0.39 is 11.6 Å². The van der Waals surface area contributed by atoms with Crippen LogP contribution < -0.4 is 4.90 Å². The maximum atomic E-state index is 13.7. The van der Waals surface area contributed by atoms with Crippen molar-refractivity contribution in [1.29, 1.82) is 0 Å². The number of imide groups is 1. The molecule has 1 unspecified atom stereocenters. The SMILES string of the molecule is CCC(C)(C)N(C(=O)C1C(C)(C)C1(C)C)C1CC(=O)N(c2ccc(Cl)cc2)C1=O. The number of hydrogen-bond donors (Lipinski definition) is 0. The van der Waals surface area contributed by atoms with Gasteiger partial charge in [0, 0.05) is 16.5 Å². The second-order valence-corrected chi connectivity index (χ2v) is 10.5. The highest BCUT2D eigenvalue weighted by Gasteiger charge is 2.70. The molecule has 2 aliphatic rings. The number of hydrogen-bond acceptors (Lipinski definition) is 3. The Labute approximate surface area is 178 Å². The van der Waals surface area contributed by atoms with E-state index in [4.69, 9.17) is 11.6 Å². The highest BCUT2D eigenvalue weighted by Crippen LogP contribution is 2.69. The summed E-state index contributed by atoms with van der Waals surface area (Å²) in [6.45, 7) is 14.3. The molecule has 1 saturated heterocycles. The van der Waals surface area contributed by atoms with E-state index in [0.29, 0.717) is 17.1 Å². The Morgan fingerprint density at radius 2 is 1.66 bits per heavy atom. The van der Waals surface area contributed by atoms with E-state index in [-0.39, 0.29) is 40.9 Å². The van der Waals surface area contributed by atoms with Gasteiger partial charge in [0.25, 0.3) is 5.91 Å². The number of halogens is 1. The van der Waals surface area contributed by atoms with Crippen LogP contribution in [0.1, 0.15) is 61.3 Å². The van der Waals surface area contributed by atoms with E-state index in [1.165, 1.54) is 4.90 Å². The number of carbonyl (C=O) groups excluding carboxylic acids is 3. The number of carbonyl (C=O) groups is 3. The van der Waals surface area contributed by atoms with Gasteiger partial charge in [-0.1, -0.05) is 46.2 Å². The first kappa shape index (κ1) is 21.8. The van der Waals surface area contributed by atoms with Crippen molar-refractivity contribution < 1.29 is 14.4 Å². The Balaban J connectivity index is 1.97. The quantitative estimate of drug-likeness (QED) is 0.653. The fraction of sp³-hybridized carbons (Fsp3) is 0.609. The van der Waals surface area contributed by atoms with E-state index in [2.05, 4.69) is 27.7 Å². The van der Waals surface area contributed by atoms with Crippen molar-refractivity contribution in [1.82, 2.24) is 4.90 Å². The van der Waals surface area contributed by atoms with Crippen LogP contribution in [0.2, 0.25) is 5.02 Å². The minimum absolute atomic E-state index is 0.00417. The topological polar surface area (TPSA) is 57.7 Å². The number of rotatable bonds is 5. The molecule has 3 amide bonds. The van der Waals surface area contributed by atoms with Crippen LogP contribution in [0.3, 0.4) is 0 Å². The van der Waals surface area contributed by atoms with Crippen molar-refractivity contribution in [3.8, 4) is 0 Å². The monoisotopic (exact) mass is 418 g/mol. The first-order valence-electron chi connectivity index (χ1n) is 10.2. The van der Waals surface area contributed by atoms with Gasteiger partial charge < -0.3 is 4.90 Å². The van der Waals surface area contributed by atoms with Gasteiger partial charge in [0.2, 0.25) is 11.8 Å². The smallest absolute Gasteiger partial charge is 0.257 e. The molecule has 1 aliphatic heterocycles. The molecule has 1 aliphatic carbocycles. The van der Waals surface area contributed by atoms with Crippen molar-refractivity contribution in [2.75, 3.05) is 4.90 Å². The average molecular weight is 419 g/mol. The van der Waals surface area contributed by atoms with Crippen molar-refractivity contribution in [3.63, 3.8) is 0 Å². The summed E-state index contributed by atoms with van der Waals surface area (Å²) in [6.07, 6.45) is 0.690. The fourth-order valence-corrected chi connectivity index (χ4v) is 4.80. The highest BCUT2D eigenvalue weighted by molar-refractivity contribution is 6.30. The van der Waals surface area contributed by atoms with Crippen LogP contribution in [0.15, 0.2) is 24.3 Å². The van der Waals surface area contributed by atoms with Crippen molar-refractivity contribution in [2.24, 2.45) is 16.7 Å². The van der Waals surface area contributed by atoms with Crippen molar-refractivity contribution in [2.45, 2.75) is 72.9 Å². The third-order valence-electron chi connectivity index (χ3n) is 7.54. The van der Waals surface area contributed by atoms with Gasteiger partial charge >= 0.3 is 0 Å². The molecule has 1 heterocycles. The molecule has 0 bridgehead atoms. The Bertz CT molecular complexity index is 843. The van der Waals surface area contributed by atoms with Gasteiger partial charge in [-0.25, -0.2) is 4.90 Å². The molecule has 0 N–H and O–H groups in total. The maximum absolute atomic E-state index is 13.7. The lowest BCUT2D eigenvalue weighted by Gasteiger charge is -2.41. The summed E-state index contributed by atoms with van der Waals surface area (Å²) >= 11 is 5.94. The molecular formula is C23H31ClN2O3. The second kappa shape index (κ2) is 6.83. The molecule has 1 saturated carbocycles. The minimum atomic E-state index is -0.784. The summed E-state index contributed by atoms with van der Waals surface area (Å²) in [5, 5.41) is 0.534. The fourth-order valence-electron chi connectivity index (χ4n) is 4.68. The third-order valence-corrected chi connectivity index (χ3v) is 7.79. The molecule has 158 valence electrons. The minimum Gasteiger partial charge on any atom is -0.325 e. The lowest BCUT2D eigenvalue weighted by atomic mass is 9.94. The first-order chi connectivity index (χ1) is 13.3. The van der Waals surface area contributed by atoms with Crippen LogP contribution in [0.25, 0.3) is 0 Å². The average Bonchev–Trinajstić information content (AvgIpc) is 2.86. The van der Waals surface area contributed by atoms with Crippen molar-refractivity contribution in [3.05, 3.63) is 29.3 Å². The van der Waals surface area contributed by atoms with Crippen LogP contribution in [0.4, 0.5) is 5.69 Å². The number of nitrogens with zero attached hydrogens (tertiary/aromatic N) is 2. The molecule has 0 spiro atoms. The highest BCUT2D eigenvalue weighted by atomic mass is 35.5. The lowest BCUT2D eigenvalue weighted by molar-refractivity contribution is -0.147. The zero-order valence-corrected chi connectivity index (χ0v) is 19.1. The van der Waals surface area contributed by atoms with Crippen LogP contribution in [-0.2, 0) is 14.4 Å². The van der Waals surface area contributed by atoms with E-state index in [9.17, 15) is 14.4 Å². The predicted molar refractivity (Wildman–Crippen MR) is 115 cm³/mol. The summed E-state index contributed by atoms with van der Waals surface area (Å²) in [7, 11) is 0. The molecule has 1 atom stereocenters. The zero-order valence-electron chi connectivity index (χ0n) is 18.4. The van der Waals surface area contributed by atoms with E-state index in [1.807, 2.05) is 20.8 Å². The number of anilines is 1. The summed E-state index contributed by atoms with van der Waals surface area (Å²) < 4.78 is 0. The molecule has 6 heteroatoms. The van der Waals surface area contributed by atoms with Gasteiger partial charge in [-0.05, 0) is 55.4 Å². The third kappa shape index (κ3) is 3.27. The molecule has 29 heavy (non-hydrogen) atoms. The van der Waals surface area contributed by atoms with E-state index in [0.717, 1.165) is 0 Å². The lowest BCUT2D eigenvalue weighted by Crippen LogP contribution is -2.56. The molecular weight excluding hydrogens is 388 g/mol. The Kier molecular flexibility index (Phi) is 5.14. The second-order valence-electron chi connectivity index (χ2n) is 10.0. The molecule has 1 aromatic rings. The first-order valence-corrected chi connectivity index (χ1v) is 10.6. The number of amides is 3. The molecule has 5 nitrogen and oxygen atoms in total. The normalized spacial score (nSPS) is 23.4. The van der Waals surface area contributed by atoms with Gasteiger partial charge in [-0.3, -0.25) is 14.4 Å². The number of benzene rings is 1. The molecule has 1 aromatic carbocycles. The van der Waals surface area contributed by atoms with Crippen LogP contribution in [-0.4, -0.2) is 34.2 Å². The molecule has 0 aromatic heterocycles. The Morgan fingerprint density at radius 1 is 1.14 bits per heavy atom. The van der Waals surface area contributed by atoms with Crippen molar-refractivity contribution >= 4 is 35.0 Å². The molecule has 0 radical (unpaired) electrons. The van der Waals surface area contributed by atoms with Crippen LogP contribution in [0.5, 0.6) is 0 Å². The van der Waals surface area contributed by atoms with Gasteiger partial charge in [-0.2, -0.15) is 0 Å². The summed E-state index contributed by atoms with van der Waals surface area (Å²) in [4.78, 5) is 42.7. The van der Waals surface area contributed by atoms with Gasteiger partial charge in [0.15, 0.2) is 0 Å². The Hall–Kier alpha value is -1.88. The standard InChI is InChI=1S/C23H31ClN2O3/c1-8-21(2,3)26(20(29)18-22(4,5)23(18,6)7)16-13-17(27)25(19(16)28)15-11-9-14(24)10-12-15/h9-12,16,18H,8,13H2,1-7H3. The summed E-state index contributed by atoms with van der Waals surface area (Å²) in [5.74, 6) is -0.839. The zero-order chi connectivity index (χ0) is 21.9. The van der Waals surface area contributed by atoms with Gasteiger partial charge in [0.1, 0.15) is 6.04 Å². The van der Waals surface area contributed by atoms with E-state index in [1.54, 1.807) is 29.2 Å². The van der Waals surface area contributed by atoms with Crippen LogP contribution >= 0.6 is 11.6 Å². The Morgan fingerprint density at radius 3 is 2.10 bits per heavy atom. The summed E-state index contributed by atoms with van der Waals surface area (Å²) in [5.41, 5.74) is -0.343. The van der Waals surface area contributed by atoms with E-state index >= 15 is 0 Å². The molecule has 2 fully saturated rings. The van der Waals surface area contributed by atoms with Gasteiger partial charge in [0.05, 0.1) is 12.1 Å².